The Balaban J connectivity index is 1.77. The van der Waals surface area contributed by atoms with Crippen LogP contribution in [0, 0.1) is 5.92 Å². The van der Waals surface area contributed by atoms with Gasteiger partial charge in [0, 0.05) is 46.3 Å². The third-order valence-corrected chi connectivity index (χ3v) is 5.04. The van der Waals surface area contributed by atoms with E-state index in [9.17, 15) is 0 Å². The molecule has 2 heterocycles. The summed E-state index contributed by atoms with van der Waals surface area (Å²) in [6.45, 7) is 9.34. The fourth-order valence-corrected chi connectivity index (χ4v) is 3.79. The van der Waals surface area contributed by atoms with Crippen molar-refractivity contribution in [1.82, 2.24) is 10.2 Å². The smallest absolute Gasteiger partial charge is 0.0917 e. The molecule has 0 aromatic carbocycles. The quantitative estimate of drug-likeness (QED) is 0.894. The number of piperazine rings is 1. The molecule has 1 N–H and O–H groups in total. The van der Waals surface area contributed by atoms with Crippen molar-refractivity contribution in [2.45, 2.75) is 6.92 Å². The van der Waals surface area contributed by atoms with Crippen molar-refractivity contribution in [2.75, 3.05) is 51.2 Å². The average Bonchev–Trinajstić information content (AvgIpc) is 2.77. The van der Waals surface area contributed by atoms with Gasteiger partial charge in [0.2, 0.25) is 0 Å². The van der Waals surface area contributed by atoms with Crippen LogP contribution in [0.2, 0.25) is 0 Å². The molecule has 0 bridgehead atoms. The number of rotatable bonds is 5. The van der Waals surface area contributed by atoms with E-state index in [4.69, 9.17) is 0 Å². The first-order valence-electron chi connectivity index (χ1n) is 6.54. The third-order valence-electron chi connectivity index (χ3n) is 3.30. The molecule has 0 saturated carbocycles. The van der Waals surface area contributed by atoms with Crippen molar-refractivity contribution in [2.24, 2.45) is 5.92 Å². The van der Waals surface area contributed by atoms with E-state index >= 15 is 0 Å². The predicted molar refractivity (Wildman–Crippen MR) is 83.8 cm³/mol. The maximum absolute atomic E-state index is 3.52. The maximum atomic E-state index is 3.52. The van der Waals surface area contributed by atoms with Gasteiger partial charge in [-0.25, -0.2) is 0 Å². The molecule has 0 radical (unpaired) electrons. The Morgan fingerprint density at radius 3 is 2.78 bits per heavy atom. The molecule has 1 aliphatic rings. The highest BCUT2D eigenvalue weighted by molar-refractivity contribution is 9.11. The SMILES string of the molecule is CC(CN1CCNCC1)CN(C)c1ccc(Br)s1. The van der Waals surface area contributed by atoms with Crippen molar-refractivity contribution in [3.05, 3.63) is 15.9 Å². The molecule has 1 aliphatic heterocycles. The highest BCUT2D eigenvalue weighted by Gasteiger charge is 2.15. The molecule has 0 spiro atoms. The molecule has 1 aromatic rings. The molecule has 1 saturated heterocycles. The summed E-state index contributed by atoms with van der Waals surface area (Å²) in [6, 6.07) is 4.31. The Kier molecular flexibility index (Phi) is 5.48. The fraction of sp³-hybridized carbons (Fsp3) is 0.692. The van der Waals surface area contributed by atoms with Crippen molar-refractivity contribution in [1.29, 1.82) is 0 Å². The minimum atomic E-state index is 0.703. The molecule has 1 atom stereocenters. The van der Waals surface area contributed by atoms with Crippen LogP contribution in [0.25, 0.3) is 0 Å². The van der Waals surface area contributed by atoms with Crippen molar-refractivity contribution < 1.29 is 0 Å². The summed E-state index contributed by atoms with van der Waals surface area (Å²) >= 11 is 5.33. The summed E-state index contributed by atoms with van der Waals surface area (Å²) in [5.41, 5.74) is 0. The molecule has 1 fully saturated rings. The monoisotopic (exact) mass is 331 g/mol. The molecular weight excluding hydrogens is 310 g/mol. The Bertz CT molecular complexity index is 363. The van der Waals surface area contributed by atoms with Crippen LogP contribution in [-0.2, 0) is 0 Å². The first kappa shape index (κ1) is 14.3. The summed E-state index contributed by atoms with van der Waals surface area (Å²) in [6.07, 6.45) is 0. The summed E-state index contributed by atoms with van der Waals surface area (Å²) in [5.74, 6) is 0.703. The van der Waals surface area contributed by atoms with E-state index < -0.39 is 0 Å². The average molecular weight is 332 g/mol. The van der Waals surface area contributed by atoms with E-state index in [-0.39, 0.29) is 0 Å². The number of nitrogens with zero attached hydrogens (tertiary/aromatic N) is 2. The third kappa shape index (κ3) is 4.23. The maximum Gasteiger partial charge on any atom is 0.0917 e. The Morgan fingerprint density at radius 2 is 2.17 bits per heavy atom. The van der Waals surface area contributed by atoms with Crippen LogP contribution in [0.5, 0.6) is 0 Å². The van der Waals surface area contributed by atoms with E-state index in [2.05, 4.69) is 57.2 Å². The van der Waals surface area contributed by atoms with Crippen LogP contribution < -0.4 is 10.2 Å². The normalized spacial score (nSPS) is 18.8. The van der Waals surface area contributed by atoms with Crippen LogP contribution in [0.15, 0.2) is 15.9 Å². The van der Waals surface area contributed by atoms with Gasteiger partial charge in [-0.3, -0.25) is 0 Å². The largest absolute Gasteiger partial charge is 0.366 e. The topological polar surface area (TPSA) is 18.5 Å². The number of hydrogen-bond acceptors (Lipinski definition) is 4. The van der Waals surface area contributed by atoms with Gasteiger partial charge in [-0.2, -0.15) is 0 Å². The Morgan fingerprint density at radius 1 is 1.44 bits per heavy atom. The Labute approximate surface area is 122 Å². The molecule has 0 amide bonds. The lowest BCUT2D eigenvalue weighted by atomic mass is 10.1. The van der Waals surface area contributed by atoms with Gasteiger partial charge < -0.3 is 15.1 Å². The molecule has 102 valence electrons. The van der Waals surface area contributed by atoms with Crippen LogP contribution in [0.3, 0.4) is 0 Å². The highest BCUT2D eigenvalue weighted by atomic mass is 79.9. The van der Waals surface area contributed by atoms with Crippen molar-refractivity contribution in [3.8, 4) is 0 Å². The number of nitrogens with one attached hydrogen (secondary N) is 1. The molecule has 3 nitrogen and oxygen atoms in total. The van der Waals surface area contributed by atoms with Crippen LogP contribution >= 0.6 is 27.3 Å². The first-order valence-corrected chi connectivity index (χ1v) is 8.15. The number of thiophene rings is 1. The highest BCUT2D eigenvalue weighted by Crippen LogP contribution is 2.29. The zero-order valence-corrected chi connectivity index (χ0v) is 13.6. The van der Waals surface area contributed by atoms with Gasteiger partial charge in [0.05, 0.1) is 8.79 Å². The summed E-state index contributed by atoms with van der Waals surface area (Å²) in [5, 5.41) is 4.74. The lowest BCUT2D eigenvalue weighted by Gasteiger charge is -2.31. The van der Waals surface area contributed by atoms with Gasteiger partial charge in [-0.1, -0.05) is 6.92 Å². The van der Waals surface area contributed by atoms with Gasteiger partial charge in [0.25, 0.3) is 0 Å². The molecular formula is C13H22BrN3S. The molecule has 5 heteroatoms. The molecule has 18 heavy (non-hydrogen) atoms. The van der Waals surface area contributed by atoms with Gasteiger partial charge in [-0.15, -0.1) is 11.3 Å². The lowest BCUT2D eigenvalue weighted by molar-refractivity contribution is 0.213. The van der Waals surface area contributed by atoms with Gasteiger partial charge in [0.15, 0.2) is 0 Å². The second-order valence-corrected chi connectivity index (χ2v) is 7.56. The zero-order valence-electron chi connectivity index (χ0n) is 11.2. The van der Waals surface area contributed by atoms with Crippen molar-refractivity contribution >= 4 is 32.3 Å². The van der Waals surface area contributed by atoms with Gasteiger partial charge in [-0.05, 0) is 34.0 Å². The van der Waals surface area contributed by atoms with E-state index in [1.807, 2.05) is 0 Å². The Hall–Kier alpha value is -0.100. The predicted octanol–water partition coefficient (Wildman–Crippen LogP) is 2.49. The summed E-state index contributed by atoms with van der Waals surface area (Å²) in [4.78, 5) is 4.93. The number of halogens is 1. The van der Waals surface area contributed by atoms with Crippen LogP contribution in [0.4, 0.5) is 5.00 Å². The standard InChI is InChI=1S/C13H22BrN3S/c1-11(10-17-7-5-15-6-8-17)9-16(2)13-4-3-12(14)18-13/h3-4,11,15H,5-10H2,1-2H3. The van der Waals surface area contributed by atoms with Crippen molar-refractivity contribution in [3.63, 3.8) is 0 Å². The molecule has 0 aliphatic carbocycles. The second-order valence-electron chi connectivity index (χ2n) is 5.11. The van der Waals surface area contributed by atoms with E-state index in [1.54, 1.807) is 11.3 Å². The first-order chi connectivity index (χ1) is 8.65. The van der Waals surface area contributed by atoms with Gasteiger partial charge >= 0.3 is 0 Å². The second kappa shape index (κ2) is 6.89. The van der Waals surface area contributed by atoms with E-state index in [1.165, 1.54) is 28.4 Å². The zero-order chi connectivity index (χ0) is 13.0. The number of anilines is 1. The van der Waals surface area contributed by atoms with Crippen LogP contribution in [-0.4, -0.2) is 51.2 Å². The molecule has 1 aromatic heterocycles. The number of hydrogen-bond donors (Lipinski definition) is 1. The fourth-order valence-electron chi connectivity index (χ4n) is 2.46. The summed E-state index contributed by atoms with van der Waals surface area (Å²) < 4.78 is 1.21. The minimum absolute atomic E-state index is 0.703. The van der Waals surface area contributed by atoms with Crippen LogP contribution in [0.1, 0.15) is 6.92 Å². The lowest BCUT2D eigenvalue weighted by Crippen LogP contribution is -2.46. The molecule has 1 unspecified atom stereocenters. The van der Waals surface area contributed by atoms with Gasteiger partial charge in [0.1, 0.15) is 0 Å². The van der Waals surface area contributed by atoms with E-state index in [0.717, 1.165) is 19.6 Å². The van der Waals surface area contributed by atoms with E-state index in [0.29, 0.717) is 5.92 Å². The minimum Gasteiger partial charge on any atom is -0.366 e. The molecule has 2 rings (SSSR count). The summed E-state index contributed by atoms with van der Waals surface area (Å²) in [7, 11) is 2.19.